The lowest BCUT2D eigenvalue weighted by Gasteiger charge is -2.06. The smallest absolute Gasteiger partial charge is 0.170 e. The highest BCUT2D eigenvalue weighted by Crippen LogP contribution is 2.18. The topological polar surface area (TPSA) is 42.9 Å². The summed E-state index contributed by atoms with van der Waals surface area (Å²) in [6, 6.07) is 10.8. The minimum absolute atomic E-state index is 0.0703. The number of nitrogens with zero attached hydrogens (tertiary/aromatic N) is 2. The van der Waals surface area contributed by atoms with Crippen molar-refractivity contribution in [2.75, 3.05) is 0 Å². The Kier molecular flexibility index (Phi) is 3.21. The zero-order valence-corrected chi connectivity index (χ0v) is 10.6. The van der Waals surface area contributed by atoms with Crippen LogP contribution in [0.15, 0.2) is 55.0 Å². The summed E-state index contributed by atoms with van der Waals surface area (Å²) in [7, 11) is 0. The number of Topliss-reactive ketones (excluding diaryl/α,β-unsaturated/α-hetero) is 1. The van der Waals surface area contributed by atoms with Crippen LogP contribution in [-0.4, -0.2) is 15.8 Å². The molecule has 20 heavy (non-hydrogen) atoms. The molecule has 0 aliphatic rings. The average Bonchev–Trinajstić information content (AvgIpc) is 2.48. The van der Waals surface area contributed by atoms with Crippen LogP contribution in [0.25, 0.3) is 10.9 Å². The summed E-state index contributed by atoms with van der Waals surface area (Å²) in [5, 5.41) is 0.915. The van der Waals surface area contributed by atoms with Crippen LogP contribution in [0.2, 0.25) is 0 Å². The summed E-state index contributed by atoms with van der Waals surface area (Å²) in [5.74, 6) is -0.850. The first kappa shape index (κ1) is 12.4. The number of fused-ring (bicyclic) bond motifs is 1. The monoisotopic (exact) mass is 266 g/mol. The number of halogens is 1. The van der Waals surface area contributed by atoms with E-state index in [0.717, 1.165) is 22.7 Å². The number of carbonyl (C=O) groups excluding carboxylic acids is 1. The number of hydrogen-bond acceptors (Lipinski definition) is 3. The molecule has 0 fully saturated rings. The van der Waals surface area contributed by atoms with Crippen LogP contribution >= 0.6 is 0 Å². The Balaban J connectivity index is 1.98. The molecule has 3 aromatic rings. The molecule has 0 saturated carbocycles. The highest BCUT2D eigenvalue weighted by atomic mass is 19.1. The second-order valence-electron chi connectivity index (χ2n) is 4.44. The van der Waals surface area contributed by atoms with Crippen molar-refractivity contribution in [1.29, 1.82) is 0 Å². The molecule has 0 aliphatic carbocycles. The first-order valence-corrected chi connectivity index (χ1v) is 6.21. The van der Waals surface area contributed by atoms with Gasteiger partial charge in [0.05, 0.1) is 17.3 Å². The number of hydrogen-bond donors (Lipinski definition) is 0. The third-order valence-electron chi connectivity index (χ3n) is 3.16. The van der Waals surface area contributed by atoms with Gasteiger partial charge < -0.3 is 0 Å². The van der Waals surface area contributed by atoms with Crippen molar-refractivity contribution in [3.8, 4) is 0 Å². The Hall–Kier alpha value is -2.62. The van der Waals surface area contributed by atoms with Gasteiger partial charge in [0.2, 0.25) is 0 Å². The van der Waals surface area contributed by atoms with Crippen LogP contribution in [0.3, 0.4) is 0 Å². The zero-order chi connectivity index (χ0) is 13.9. The summed E-state index contributed by atoms with van der Waals surface area (Å²) in [6.45, 7) is 0. The molecule has 98 valence electrons. The summed E-state index contributed by atoms with van der Waals surface area (Å²) in [5.41, 5.74) is 1.74. The SMILES string of the molecule is O=C(Cc1ccnc2ccccc12)c1ccncc1F. The number of rotatable bonds is 3. The summed E-state index contributed by atoms with van der Waals surface area (Å²) in [6.07, 6.45) is 4.27. The summed E-state index contributed by atoms with van der Waals surface area (Å²) in [4.78, 5) is 20.1. The largest absolute Gasteiger partial charge is 0.294 e. The predicted octanol–water partition coefficient (Wildman–Crippen LogP) is 3.19. The maximum atomic E-state index is 13.6. The molecule has 0 spiro atoms. The maximum Gasteiger partial charge on any atom is 0.170 e. The molecule has 1 aromatic carbocycles. The third-order valence-corrected chi connectivity index (χ3v) is 3.16. The van der Waals surface area contributed by atoms with E-state index in [9.17, 15) is 9.18 Å². The van der Waals surface area contributed by atoms with E-state index < -0.39 is 5.82 Å². The molecule has 0 aliphatic heterocycles. The molecule has 0 bridgehead atoms. The number of pyridine rings is 2. The van der Waals surface area contributed by atoms with Crippen LogP contribution in [0.1, 0.15) is 15.9 Å². The van der Waals surface area contributed by atoms with Gasteiger partial charge in [0.25, 0.3) is 0 Å². The maximum absolute atomic E-state index is 13.6. The van der Waals surface area contributed by atoms with Gasteiger partial charge in [-0.1, -0.05) is 18.2 Å². The number of carbonyl (C=O) groups is 1. The predicted molar refractivity (Wildman–Crippen MR) is 74.0 cm³/mol. The Morgan fingerprint density at radius 3 is 2.80 bits per heavy atom. The van der Waals surface area contributed by atoms with Crippen molar-refractivity contribution in [3.63, 3.8) is 0 Å². The molecule has 0 saturated heterocycles. The molecule has 4 heteroatoms. The minimum atomic E-state index is -0.587. The van der Waals surface area contributed by atoms with Crippen LogP contribution in [0, 0.1) is 5.82 Å². The van der Waals surface area contributed by atoms with Crippen LogP contribution in [0.5, 0.6) is 0 Å². The van der Waals surface area contributed by atoms with Crippen molar-refractivity contribution in [3.05, 3.63) is 71.9 Å². The number of aromatic nitrogens is 2. The first-order chi connectivity index (χ1) is 9.75. The molecule has 0 amide bonds. The van der Waals surface area contributed by atoms with Gasteiger partial charge in [0.15, 0.2) is 11.6 Å². The van der Waals surface area contributed by atoms with Gasteiger partial charge in [-0.2, -0.15) is 0 Å². The van der Waals surface area contributed by atoms with Gasteiger partial charge in [-0.15, -0.1) is 0 Å². The minimum Gasteiger partial charge on any atom is -0.294 e. The molecular formula is C16H11FN2O. The van der Waals surface area contributed by atoms with Crippen molar-refractivity contribution in [2.24, 2.45) is 0 Å². The van der Waals surface area contributed by atoms with Crippen LogP contribution < -0.4 is 0 Å². The van der Waals surface area contributed by atoms with Gasteiger partial charge in [-0.05, 0) is 23.8 Å². The summed E-state index contributed by atoms with van der Waals surface area (Å²) < 4.78 is 13.6. The van der Waals surface area contributed by atoms with E-state index >= 15 is 0 Å². The summed E-state index contributed by atoms with van der Waals surface area (Å²) >= 11 is 0. The molecule has 2 aromatic heterocycles. The highest BCUT2D eigenvalue weighted by Gasteiger charge is 2.13. The standard InChI is InChI=1S/C16H11FN2O/c17-14-10-18-7-6-13(14)16(20)9-11-5-8-19-15-4-2-1-3-12(11)15/h1-8,10H,9H2. The van der Waals surface area contributed by atoms with Gasteiger partial charge in [0, 0.05) is 24.2 Å². The van der Waals surface area contributed by atoms with Gasteiger partial charge in [0.1, 0.15) is 0 Å². The molecule has 2 heterocycles. The van der Waals surface area contributed by atoms with Crippen LogP contribution in [-0.2, 0) is 6.42 Å². The van der Waals surface area contributed by atoms with Gasteiger partial charge in [-0.3, -0.25) is 14.8 Å². The zero-order valence-electron chi connectivity index (χ0n) is 10.6. The van der Waals surface area contributed by atoms with E-state index in [1.54, 1.807) is 12.3 Å². The van der Waals surface area contributed by atoms with Crippen molar-refractivity contribution < 1.29 is 9.18 Å². The van der Waals surface area contributed by atoms with E-state index in [4.69, 9.17) is 0 Å². The Morgan fingerprint density at radius 1 is 1.10 bits per heavy atom. The molecule has 0 radical (unpaired) electrons. The first-order valence-electron chi connectivity index (χ1n) is 6.21. The average molecular weight is 266 g/mol. The molecule has 3 rings (SSSR count). The fourth-order valence-corrected chi connectivity index (χ4v) is 2.18. The van der Waals surface area contributed by atoms with E-state index in [1.807, 2.05) is 24.3 Å². The number of benzene rings is 1. The van der Waals surface area contributed by atoms with Gasteiger partial charge in [-0.25, -0.2) is 4.39 Å². The second kappa shape index (κ2) is 5.17. The van der Waals surface area contributed by atoms with E-state index in [0.29, 0.717) is 0 Å². The van der Waals surface area contributed by atoms with Crippen molar-refractivity contribution >= 4 is 16.7 Å². The lowest BCUT2D eigenvalue weighted by molar-refractivity contribution is 0.0989. The van der Waals surface area contributed by atoms with Crippen molar-refractivity contribution in [2.45, 2.75) is 6.42 Å². The molecule has 0 atom stereocenters. The fraction of sp³-hybridized carbons (Fsp3) is 0.0625. The number of ketones is 1. The molecule has 0 unspecified atom stereocenters. The lowest BCUT2D eigenvalue weighted by Crippen LogP contribution is -2.07. The Bertz CT molecular complexity index is 781. The molecule has 0 N–H and O–H groups in total. The van der Waals surface area contributed by atoms with E-state index in [2.05, 4.69) is 9.97 Å². The normalized spacial score (nSPS) is 10.7. The Morgan fingerprint density at radius 2 is 1.95 bits per heavy atom. The molecule has 3 nitrogen and oxygen atoms in total. The van der Waals surface area contributed by atoms with Crippen molar-refractivity contribution in [1.82, 2.24) is 9.97 Å². The van der Waals surface area contributed by atoms with E-state index in [1.165, 1.54) is 12.3 Å². The lowest BCUT2D eigenvalue weighted by atomic mass is 10.0. The highest BCUT2D eigenvalue weighted by molar-refractivity contribution is 5.99. The third kappa shape index (κ3) is 2.28. The fourth-order valence-electron chi connectivity index (χ4n) is 2.18. The quantitative estimate of drug-likeness (QED) is 0.684. The Labute approximate surface area is 115 Å². The van der Waals surface area contributed by atoms with E-state index in [-0.39, 0.29) is 17.8 Å². The van der Waals surface area contributed by atoms with Gasteiger partial charge >= 0.3 is 0 Å². The second-order valence-corrected chi connectivity index (χ2v) is 4.44. The number of para-hydroxylation sites is 1. The molecular weight excluding hydrogens is 255 g/mol. The van der Waals surface area contributed by atoms with Crippen LogP contribution in [0.4, 0.5) is 4.39 Å².